The summed E-state index contributed by atoms with van der Waals surface area (Å²) in [6.45, 7) is 2.04. The van der Waals surface area contributed by atoms with Gasteiger partial charge in [0, 0.05) is 27.6 Å². The molecule has 3 rings (SSSR count). The molecule has 132 valence electrons. The van der Waals surface area contributed by atoms with Gasteiger partial charge in [0.2, 0.25) is 0 Å². The van der Waals surface area contributed by atoms with Gasteiger partial charge in [-0.1, -0.05) is 15.9 Å². The molecule has 0 fully saturated rings. The first-order valence-electron chi connectivity index (χ1n) is 8.52. The topological polar surface area (TPSA) is 42.3 Å². The number of rotatable bonds is 4. The summed E-state index contributed by atoms with van der Waals surface area (Å²) in [5.74, 6) is 0.582. The minimum atomic E-state index is -2.91. The summed E-state index contributed by atoms with van der Waals surface area (Å²) in [5, 5.41) is 1.21. The van der Waals surface area contributed by atoms with Gasteiger partial charge in [-0.05, 0) is 70.1 Å². The number of hydrogen-bond acceptors (Lipinski definition) is 3. The number of aryl methyl sites for hydroxylation is 2. The maximum Gasteiger partial charge on any atom is 0.150 e. The van der Waals surface area contributed by atoms with Gasteiger partial charge in [0.25, 0.3) is 0 Å². The molecule has 2 aromatic rings. The molecule has 24 heavy (non-hydrogen) atoms. The largest absolute Gasteiger partial charge is 0.344 e. The Bertz CT molecular complexity index is 840. The summed E-state index contributed by atoms with van der Waals surface area (Å²) >= 11 is 3.56. The third-order valence-corrected chi connectivity index (χ3v) is 7.00. The van der Waals surface area contributed by atoms with E-state index in [1.165, 1.54) is 22.2 Å². The van der Waals surface area contributed by atoms with Crippen LogP contribution >= 0.6 is 15.9 Å². The third-order valence-electron chi connectivity index (χ3n) is 4.77. The summed E-state index contributed by atoms with van der Waals surface area (Å²) in [6, 6.07) is 6.38. The van der Waals surface area contributed by atoms with Crippen molar-refractivity contribution < 1.29 is 8.42 Å². The van der Waals surface area contributed by atoms with Gasteiger partial charge in [0.15, 0.2) is 9.84 Å². The van der Waals surface area contributed by atoms with E-state index in [4.69, 9.17) is 0 Å². The van der Waals surface area contributed by atoms with Crippen molar-refractivity contribution in [3.63, 3.8) is 0 Å². The Balaban J connectivity index is 2.05. The number of hydrogen-bond donors (Lipinski definition) is 0. The van der Waals surface area contributed by atoms with E-state index in [9.17, 15) is 8.42 Å². The highest BCUT2D eigenvalue weighted by molar-refractivity contribution is 9.10. The molecule has 0 radical (unpaired) electrons. The molecule has 1 aliphatic rings. The van der Waals surface area contributed by atoms with Gasteiger partial charge in [0.05, 0.1) is 11.5 Å². The third kappa shape index (κ3) is 3.86. The van der Waals surface area contributed by atoms with Crippen molar-refractivity contribution in [2.24, 2.45) is 0 Å². The van der Waals surface area contributed by atoms with Crippen molar-refractivity contribution in [1.82, 2.24) is 9.47 Å². The van der Waals surface area contributed by atoms with E-state index in [-0.39, 0.29) is 5.75 Å². The molecular formula is C18H25BrN2O2S. The Kier molecular flexibility index (Phi) is 5.37. The van der Waals surface area contributed by atoms with Crippen molar-refractivity contribution in [3.05, 3.63) is 33.9 Å². The zero-order valence-electron chi connectivity index (χ0n) is 14.4. The van der Waals surface area contributed by atoms with Crippen molar-refractivity contribution in [1.29, 1.82) is 0 Å². The standard InChI is InChI=1S/C18H25BrN2O2S/c1-20(2)9-4-10-21-17-5-3-11-24(22,23)12-8-15(17)16-13-14(19)6-7-18(16)21/h6-7,13H,3-5,8-12H2,1-2H3. The van der Waals surface area contributed by atoms with Gasteiger partial charge < -0.3 is 9.47 Å². The predicted molar refractivity (Wildman–Crippen MR) is 103 cm³/mol. The van der Waals surface area contributed by atoms with E-state index < -0.39 is 9.84 Å². The molecule has 4 nitrogen and oxygen atoms in total. The van der Waals surface area contributed by atoms with Crippen LogP contribution in [-0.4, -0.2) is 50.0 Å². The first kappa shape index (κ1) is 18.0. The van der Waals surface area contributed by atoms with Crippen LogP contribution in [0.2, 0.25) is 0 Å². The SMILES string of the molecule is CN(C)CCCn1c2c(c3cc(Br)ccc31)CCS(=O)(=O)CCC2. The van der Waals surface area contributed by atoms with E-state index >= 15 is 0 Å². The number of sulfone groups is 1. The van der Waals surface area contributed by atoms with Crippen LogP contribution in [0.15, 0.2) is 22.7 Å². The first-order valence-corrected chi connectivity index (χ1v) is 11.1. The summed E-state index contributed by atoms with van der Waals surface area (Å²) in [7, 11) is 1.28. The van der Waals surface area contributed by atoms with Gasteiger partial charge in [-0.2, -0.15) is 0 Å². The van der Waals surface area contributed by atoms with Gasteiger partial charge >= 0.3 is 0 Å². The summed E-state index contributed by atoms with van der Waals surface area (Å²) in [6.07, 6.45) is 3.30. The van der Waals surface area contributed by atoms with Crippen LogP contribution in [0.4, 0.5) is 0 Å². The lowest BCUT2D eigenvalue weighted by Crippen LogP contribution is -2.19. The zero-order valence-corrected chi connectivity index (χ0v) is 16.8. The summed E-state index contributed by atoms with van der Waals surface area (Å²) in [4.78, 5) is 2.21. The van der Waals surface area contributed by atoms with Crippen LogP contribution in [0.25, 0.3) is 10.9 Å². The van der Waals surface area contributed by atoms with Crippen LogP contribution in [0.1, 0.15) is 24.1 Å². The highest BCUT2D eigenvalue weighted by atomic mass is 79.9. The van der Waals surface area contributed by atoms with E-state index in [1.54, 1.807) is 0 Å². The smallest absolute Gasteiger partial charge is 0.150 e. The van der Waals surface area contributed by atoms with Crippen molar-refractivity contribution in [2.75, 3.05) is 32.1 Å². The second-order valence-electron chi connectivity index (χ2n) is 6.90. The van der Waals surface area contributed by atoms with Crippen molar-refractivity contribution in [2.45, 2.75) is 32.2 Å². The zero-order chi connectivity index (χ0) is 17.3. The summed E-state index contributed by atoms with van der Waals surface area (Å²) in [5.41, 5.74) is 3.82. The van der Waals surface area contributed by atoms with Gasteiger partial charge in [0.1, 0.15) is 0 Å². The molecule has 0 saturated heterocycles. The molecule has 0 unspecified atom stereocenters. The van der Waals surface area contributed by atoms with Gasteiger partial charge in [-0.15, -0.1) is 0 Å². The van der Waals surface area contributed by atoms with Gasteiger partial charge in [-0.25, -0.2) is 8.42 Å². The molecule has 0 saturated carbocycles. The van der Waals surface area contributed by atoms with Crippen molar-refractivity contribution in [3.8, 4) is 0 Å². The molecule has 0 aliphatic carbocycles. The lowest BCUT2D eigenvalue weighted by atomic mass is 10.1. The molecule has 0 atom stereocenters. The van der Waals surface area contributed by atoms with E-state index in [1.807, 2.05) is 0 Å². The van der Waals surface area contributed by atoms with E-state index in [2.05, 4.69) is 57.7 Å². The Morgan fingerprint density at radius 3 is 2.75 bits per heavy atom. The fourth-order valence-electron chi connectivity index (χ4n) is 3.63. The Hall–Kier alpha value is -0.850. The number of aromatic nitrogens is 1. The van der Waals surface area contributed by atoms with E-state index in [0.29, 0.717) is 12.2 Å². The molecule has 0 spiro atoms. The average Bonchev–Trinajstić information content (AvgIpc) is 2.75. The molecule has 1 aliphatic heterocycles. The molecule has 1 aromatic heterocycles. The number of benzene rings is 1. The average molecular weight is 413 g/mol. The maximum atomic E-state index is 12.1. The number of nitrogens with zero attached hydrogens (tertiary/aromatic N) is 2. The molecule has 1 aromatic carbocycles. The van der Waals surface area contributed by atoms with Crippen molar-refractivity contribution >= 4 is 36.7 Å². The Labute approximate surface area is 152 Å². The second-order valence-corrected chi connectivity index (χ2v) is 10.1. The first-order chi connectivity index (χ1) is 11.4. The Morgan fingerprint density at radius 1 is 1.21 bits per heavy atom. The minimum absolute atomic E-state index is 0.267. The van der Waals surface area contributed by atoms with Crippen LogP contribution < -0.4 is 0 Å². The predicted octanol–water partition coefficient (Wildman–Crippen LogP) is 3.26. The minimum Gasteiger partial charge on any atom is -0.344 e. The van der Waals surface area contributed by atoms with Crippen LogP contribution in [0.5, 0.6) is 0 Å². The highest BCUT2D eigenvalue weighted by Gasteiger charge is 2.22. The molecule has 0 N–H and O–H groups in total. The highest BCUT2D eigenvalue weighted by Crippen LogP contribution is 2.32. The molecule has 2 heterocycles. The summed E-state index contributed by atoms with van der Waals surface area (Å²) < 4.78 is 27.6. The quantitative estimate of drug-likeness (QED) is 0.773. The molecular weight excluding hydrogens is 388 g/mol. The lowest BCUT2D eigenvalue weighted by Gasteiger charge is -2.16. The lowest BCUT2D eigenvalue weighted by molar-refractivity contribution is 0.386. The van der Waals surface area contributed by atoms with E-state index in [0.717, 1.165) is 36.8 Å². The van der Waals surface area contributed by atoms with Crippen LogP contribution in [-0.2, 0) is 29.2 Å². The molecule has 6 heteroatoms. The molecule has 0 bridgehead atoms. The fraction of sp³-hybridized carbons (Fsp3) is 0.556. The van der Waals surface area contributed by atoms with Crippen LogP contribution in [0.3, 0.4) is 0 Å². The monoisotopic (exact) mass is 412 g/mol. The normalized spacial score (nSPS) is 17.7. The van der Waals surface area contributed by atoms with Gasteiger partial charge in [-0.3, -0.25) is 0 Å². The molecule has 0 amide bonds. The number of halogens is 1. The van der Waals surface area contributed by atoms with Crippen LogP contribution in [0, 0.1) is 0 Å². The fourth-order valence-corrected chi connectivity index (χ4v) is 5.30. The Morgan fingerprint density at radius 2 is 2.00 bits per heavy atom. The number of fused-ring (bicyclic) bond motifs is 3. The second kappa shape index (κ2) is 7.18. The maximum absolute atomic E-state index is 12.1.